The van der Waals surface area contributed by atoms with Crippen molar-refractivity contribution in [1.29, 1.82) is 0 Å². The second kappa shape index (κ2) is 10.2. The van der Waals surface area contributed by atoms with Crippen molar-refractivity contribution >= 4 is 35.3 Å². The molecule has 0 aromatic heterocycles. The van der Waals surface area contributed by atoms with Crippen LogP contribution in [0.5, 0.6) is 5.75 Å². The van der Waals surface area contributed by atoms with E-state index in [0.29, 0.717) is 27.6 Å². The zero-order chi connectivity index (χ0) is 21.3. The molecule has 0 aliphatic heterocycles. The summed E-state index contributed by atoms with van der Waals surface area (Å²) in [6, 6.07) is 21.1. The van der Waals surface area contributed by atoms with Crippen molar-refractivity contribution < 1.29 is 14.3 Å². The van der Waals surface area contributed by atoms with E-state index in [4.69, 9.17) is 16.3 Å². The van der Waals surface area contributed by atoms with Crippen molar-refractivity contribution in [3.05, 3.63) is 94.5 Å². The van der Waals surface area contributed by atoms with E-state index in [1.165, 1.54) is 6.21 Å². The number of rotatable bonds is 7. The highest BCUT2D eigenvalue weighted by Crippen LogP contribution is 2.20. The number of nitrogens with one attached hydrogen (secondary N) is 2. The van der Waals surface area contributed by atoms with Gasteiger partial charge in [0.1, 0.15) is 5.75 Å². The molecule has 3 aromatic rings. The fourth-order valence-electron chi connectivity index (χ4n) is 2.52. The molecule has 6 nitrogen and oxygen atoms in total. The third kappa shape index (κ3) is 6.18. The SMILES string of the molecule is Cc1ccc(NC(=O)COc2cccc(/C=N/NC(=O)c3ccccc3)c2)cc1Cl. The number of nitrogens with zero attached hydrogens (tertiary/aromatic N) is 1. The number of hydrogen-bond donors (Lipinski definition) is 2. The smallest absolute Gasteiger partial charge is 0.271 e. The van der Waals surface area contributed by atoms with Crippen molar-refractivity contribution in [2.24, 2.45) is 5.10 Å². The lowest BCUT2D eigenvalue weighted by Gasteiger charge is -2.09. The van der Waals surface area contributed by atoms with Crippen molar-refractivity contribution in [3.8, 4) is 5.75 Å². The lowest BCUT2D eigenvalue weighted by molar-refractivity contribution is -0.118. The van der Waals surface area contributed by atoms with Crippen LogP contribution in [-0.2, 0) is 4.79 Å². The molecule has 0 radical (unpaired) electrons. The van der Waals surface area contributed by atoms with Crippen molar-refractivity contribution in [2.75, 3.05) is 11.9 Å². The number of benzene rings is 3. The number of hydrazone groups is 1. The summed E-state index contributed by atoms with van der Waals surface area (Å²) in [5.41, 5.74) is 5.24. The summed E-state index contributed by atoms with van der Waals surface area (Å²) < 4.78 is 5.54. The Kier molecular flexibility index (Phi) is 7.19. The zero-order valence-corrected chi connectivity index (χ0v) is 17.0. The van der Waals surface area contributed by atoms with E-state index in [1.807, 2.05) is 19.1 Å². The quantitative estimate of drug-likeness (QED) is 0.437. The molecule has 0 saturated heterocycles. The number of anilines is 1. The Labute approximate surface area is 179 Å². The zero-order valence-electron chi connectivity index (χ0n) is 16.3. The molecule has 152 valence electrons. The first kappa shape index (κ1) is 21.1. The molecule has 0 aliphatic carbocycles. The molecule has 0 fully saturated rings. The second-order valence-electron chi connectivity index (χ2n) is 6.44. The van der Waals surface area contributed by atoms with Gasteiger partial charge in [0.25, 0.3) is 11.8 Å². The van der Waals surface area contributed by atoms with E-state index in [0.717, 1.165) is 5.56 Å². The monoisotopic (exact) mass is 421 g/mol. The van der Waals surface area contributed by atoms with Crippen LogP contribution in [-0.4, -0.2) is 24.6 Å². The summed E-state index contributed by atoms with van der Waals surface area (Å²) in [6.07, 6.45) is 1.50. The van der Waals surface area contributed by atoms with E-state index in [9.17, 15) is 9.59 Å². The summed E-state index contributed by atoms with van der Waals surface area (Å²) in [5, 5.41) is 7.27. The molecule has 0 bridgehead atoms. The Hall–Kier alpha value is -3.64. The average molecular weight is 422 g/mol. The molecule has 2 amide bonds. The van der Waals surface area contributed by atoms with Crippen LogP contribution in [0.3, 0.4) is 0 Å². The molecule has 0 saturated carbocycles. The highest BCUT2D eigenvalue weighted by molar-refractivity contribution is 6.31. The number of halogens is 1. The van der Waals surface area contributed by atoms with E-state index in [1.54, 1.807) is 60.7 Å². The van der Waals surface area contributed by atoms with Crippen LogP contribution >= 0.6 is 11.6 Å². The topological polar surface area (TPSA) is 79.8 Å². The highest BCUT2D eigenvalue weighted by atomic mass is 35.5. The number of hydrogen-bond acceptors (Lipinski definition) is 4. The van der Waals surface area contributed by atoms with Crippen LogP contribution in [0, 0.1) is 6.92 Å². The Morgan fingerprint density at radius 2 is 1.83 bits per heavy atom. The molecule has 30 heavy (non-hydrogen) atoms. The predicted molar refractivity (Wildman–Crippen MR) is 118 cm³/mol. The number of aryl methyl sites for hydroxylation is 1. The standard InChI is InChI=1S/C23H20ClN3O3/c1-16-10-11-19(13-21(16)24)26-22(28)15-30-20-9-5-6-17(12-20)14-25-27-23(29)18-7-3-2-4-8-18/h2-14H,15H2,1H3,(H,26,28)(H,27,29)/b25-14+. The largest absolute Gasteiger partial charge is 0.484 e. The Morgan fingerprint density at radius 1 is 1.03 bits per heavy atom. The van der Waals surface area contributed by atoms with Gasteiger partial charge in [-0.1, -0.05) is 48.0 Å². The summed E-state index contributed by atoms with van der Waals surface area (Å²) >= 11 is 6.06. The molecule has 0 spiro atoms. The van der Waals surface area contributed by atoms with Gasteiger partial charge in [0.05, 0.1) is 6.21 Å². The third-order valence-corrected chi connectivity index (χ3v) is 4.51. The van der Waals surface area contributed by atoms with E-state index < -0.39 is 0 Å². The summed E-state index contributed by atoms with van der Waals surface area (Å²) in [5.74, 6) is -0.0957. The molecular formula is C23H20ClN3O3. The first-order valence-electron chi connectivity index (χ1n) is 9.18. The van der Waals surface area contributed by atoms with E-state index >= 15 is 0 Å². The first-order valence-corrected chi connectivity index (χ1v) is 9.56. The van der Waals surface area contributed by atoms with Gasteiger partial charge in [-0.2, -0.15) is 5.10 Å². The minimum Gasteiger partial charge on any atom is -0.484 e. The molecule has 3 aromatic carbocycles. The van der Waals surface area contributed by atoms with Gasteiger partial charge in [0.15, 0.2) is 6.61 Å². The summed E-state index contributed by atoms with van der Waals surface area (Å²) in [7, 11) is 0. The molecule has 2 N–H and O–H groups in total. The predicted octanol–water partition coefficient (Wildman–Crippen LogP) is 4.43. The fraction of sp³-hybridized carbons (Fsp3) is 0.0870. The average Bonchev–Trinajstić information content (AvgIpc) is 2.76. The first-order chi connectivity index (χ1) is 14.5. The number of carbonyl (C=O) groups excluding carboxylic acids is 2. The number of amides is 2. The van der Waals surface area contributed by atoms with Crippen LogP contribution in [0.1, 0.15) is 21.5 Å². The number of ether oxygens (including phenoxy) is 1. The maximum Gasteiger partial charge on any atom is 0.271 e. The normalized spacial score (nSPS) is 10.6. The lowest BCUT2D eigenvalue weighted by atomic mass is 10.2. The van der Waals surface area contributed by atoms with E-state index in [-0.39, 0.29) is 18.4 Å². The fourth-order valence-corrected chi connectivity index (χ4v) is 2.70. The van der Waals surface area contributed by atoms with Gasteiger partial charge in [-0.25, -0.2) is 5.43 Å². The van der Waals surface area contributed by atoms with Crippen LogP contribution in [0.2, 0.25) is 5.02 Å². The molecular weight excluding hydrogens is 402 g/mol. The lowest BCUT2D eigenvalue weighted by Crippen LogP contribution is -2.20. The van der Waals surface area contributed by atoms with Crippen molar-refractivity contribution in [1.82, 2.24) is 5.43 Å². The van der Waals surface area contributed by atoms with Crippen molar-refractivity contribution in [3.63, 3.8) is 0 Å². The molecule has 3 rings (SSSR count). The Morgan fingerprint density at radius 3 is 2.60 bits per heavy atom. The highest BCUT2D eigenvalue weighted by Gasteiger charge is 2.06. The Bertz CT molecular complexity index is 1070. The van der Waals surface area contributed by atoms with Gasteiger partial charge in [-0.3, -0.25) is 9.59 Å². The van der Waals surface area contributed by atoms with Crippen LogP contribution in [0.4, 0.5) is 5.69 Å². The number of carbonyl (C=O) groups is 2. The Balaban J connectivity index is 1.51. The molecule has 0 atom stereocenters. The second-order valence-corrected chi connectivity index (χ2v) is 6.85. The minimum atomic E-state index is -0.302. The molecule has 7 heteroatoms. The maximum absolute atomic E-state index is 12.1. The molecule has 0 unspecified atom stereocenters. The maximum atomic E-state index is 12.1. The summed E-state index contributed by atoms with van der Waals surface area (Å²) in [4.78, 5) is 24.1. The van der Waals surface area contributed by atoms with E-state index in [2.05, 4.69) is 15.8 Å². The van der Waals surface area contributed by atoms with Gasteiger partial charge in [0, 0.05) is 16.3 Å². The van der Waals surface area contributed by atoms with Gasteiger partial charge < -0.3 is 10.1 Å². The van der Waals surface area contributed by atoms with Gasteiger partial charge in [0.2, 0.25) is 0 Å². The molecule has 0 heterocycles. The van der Waals surface area contributed by atoms with Gasteiger partial charge in [-0.15, -0.1) is 0 Å². The van der Waals surface area contributed by atoms with Crippen molar-refractivity contribution in [2.45, 2.75) is 6.92 Å². The molecule has 0 aliphatic rings. The summed E-state index contributed by atoms with van der Waals surface area (Å²) in [6.45, 7) is 1.73. The minimum absolute atomic E-state index is 0.156. The van der Waals surface area contributed by atoms with Gasteiger partial charge >= 0.3 is 0 Å². The van der Waals surface area contributed by atoms with Crippen LogP contribution in [0.15, 0.2) is 77.9 Å². The van der Waals surface area contributed by atoms with Crippen LogP contribution < -0.4 is 15.5 Å². The third-order valence-electron chi connectivity index (χ3n) is 4.10. The van der Waals surface area contributed by atoms with Gasteiger partial charge in [-0.05, 0) is 54.4 Å². The van der Waals surface area contributed by atoms with Crippen LogP contribution in [0.25, 0.3) is 0 Å².